The highest BCUT2D eigenvalue weighted by Gasteiger charge is 2.64. The summed E-state index contributed by atoms with van der Waals surface area (Å²) in [5.41, 5.74) is -0.557. The molecule has 3 heteroatoms. The number of rotatable bonds is 2. The molecule has 0 amide bonds. The number of hydrogen-bond acceptors (Lipinski definition) is 3. The minimum atomic E-state index is -0.557. The third-order valence-electron chi connectivity index (χ3n) is 3.83. The van der Waals surface area contributed by atoms with Gasteiger partial charge in [0.1, 0.15) is 0 Å². The van der Waals surface area contributed by atoms with Gasteiger partial charge in [0.2, 0.25) is 0 Å². The second-order valence-electron chi connectivity index (χ2n) is 5.01. The van der Waals surface area contributed by atoms with Crippen molar-refractivity contribution in [1.82, 2.24) is 0 Å². The molecule has 80 valence electrons. The van der Waals surface area contributed by atoms with Crippen LogP contribution in [0.2, 0.25) is 0 Å². The summed E-state index contributed by atoms with van der Waals surface area (Å²) in [5.74, 6) is 0.617. The van der Waals surface area contributed by atoms with Crippen molar-refractivity contribution in [1.29, 1.82) is 0 Å². The normalized spacial score (nSPS) is 46.6. The van der Waals surface area contributed by atoms with Gasteiger partial charge in [-0.15, -0.1) is 0 Å². The van der Waals surface area contributed by atoms with Crippen molar-refractivity contribution in [2.75, 3.05) is 6.61 Å². The summed E-state index contributed by atoms with van der Waals surface area (Å²) in [6.07, 6.45) is 1.04. The Hall–Kier alpha value is -0.410. The lowest BCUT2D eigenvalue weighted by atomic mass is 9.69. The van der Waals surface area contributed by atoms with Crippen molar-refractivity contribution in [3.05, 3.63) is 0 Å². The average Bonchev–Trinajstić information content (AvgIpc) is 2.78. The lowest BCUT2D eigenvalue weighted by molar-refractivity contribution is -0.132. The maximum Gasteiger partial charge on any atom is 0.172 e. The third kappa shape index (κ3) is 1.22. The van der Waals surface area contributed by atoms with Gasteiger partial charge in [-0.2, -0.15) is 0 Å². The van der Waals surface area contributed by atoms with Gasteiger partial charge in [-0.05, 0) is 25.2 Å². The largest absolute Gasteiger partial charge is 0.396 e. The van der Waals surface area contributed by atoms with Crippen LogP contribution in [0.25, 0.3) is 0 Å². The monoisotopic (exact) mass is 198 g/mol. The van der Waals surface area contributed by atoms with Crippen LogP contribution in [0.3, 0.4) is 0 Å². The van der Waals surface area contributed by atoms with Crippen molar-refractivity contribution >= 4 is 5.78 Å². The Kier molecular flexibility index (Phi) is 2.20. The molecule has 0 aromatic heterocycles. The van der Waals surface area contributed by atoms with Gasteiger partial charge in [0, 0.05) is 5.92 Å². The molecule has 0 spiro atoms. The molecular weight excluding hydrogens is 180 g/mol. The van der Waals surface area contributed by atoms with Gasteiger partial charge < -0.3 is 9.84 Å². The van der Waals surface area contributed by atoms with E-state index in [4.69, 9.17) is 4.74 Å². The number of epoxide rings is 1. The quantitative estimate of drug-likeness (QED) is 0.673. The summed E-state index contributed by atoms with van der Waals surface area (Å²) in [4.78, 5) is 11.9. The Bertz CT molecular complexity index is 261. The number of aliphatic hydroxyl groups excluding tert-OH is 1. The van der Waals surface area contributed by atoms with Crippen LogP contribution in [0.4, 0.5) is 0 Å². The van der Waals surface area contributed by atoms with Crippen LogP contribution in [-0.2, 0) is 9.53 Å². The summed E-state index contributed by atoms with van der Waals surface area (Å²) in [6.45, 7) is 6.02. The van der Waals surface area contributed by atoms with E-state index in [0.29, 0.717) is 5.92 Å². The highest BCUT2D eigenvalue weighted by atomic mass is 16.6. The fourth-order valence-electron chi connectivity index (χ4n) is 2.68. The van der Waals surface area contributed by atoms with Crippen molar-refractivity contribution in [3.8, 4) is 0 Å². The molecule has 0 aromatic carbocycles. The summed E-state index contributed by atoms with van der Waals surface area (Å²) in [7, 11) is 0. The van der Waals surface area contributed by atoms with E-state index in [9.17, 15) is 9.90 Å². The molecule has 4 atom stereocenters. The smallest absolute Gasteiger partial charge is 0.172 e. The van der Waals surface area contributed by atoms with E-state index in [-0.39, 0.29) is 30.3 Å². The van der Waals surface area contributed by atoms with Crippen molar-refractivity contribution in [2.45, 2.75) is 38.9 Å². The minimum Gasteiger partial charge on any atom is -0.396 e. The summed E-state index contributed by atoms with van der Waals surface area (Å²) >= 11 is 0. The lowest BCUT2D eigenvalue weighted by Crippen LogP contribution is -2.44. The fourth-order valence-corrected chi connectivity index (χ4v) is 2.68. The van der Waals surface area contributed by atoms with Gasteiger partial charge >= 0.3 is 0 Å². The van der Waals surface area contributed by atoms with E-state index in [0.717, 1.165) is 6.42 Å². The molecule has 0 aromatic rings. The Morgan fingerprint density at radius 2 is 2.29 bits per heavy atom. The number of ketones is 1. The van der Waals surface area contributed by atoms with Gasteiger partial charge in [0.25, 0.3) is 0 Å². The van der Waals surface area contributed by atoms with Crippen molar-refractivity contribution < 1.29 is 14.6 Å². The standard InChI is InChI=1S/C11H18O3/c1-6(2)7-4-9-11(3,14-9)10(13)8(7)5-12/h6-9,12H,4-5H2,1-3H3. The van der Waals surface area contributed by atoms with E-state index in [1.165, 1.54) is 0 Å². The van der Waals surface area contributed by atoms with Crippen LogP contribution < -0.4 is 0 Å². The Morgan fingerprint density at radius 3 is 2.79 bits per heavy atom. The van der Waals surface area contributed by atoms with Gasteiger partial charge in [0.05, 0.1) is 12.7 Å². The first-order valence-corrected chi connectivity index (χ1v) is 5.33. The Balaban J connectivity index is 2.19. The minimum absolute atomic E-state index is 0.0344. The topological polar surface area (TPSA) is 49.8 Å². The van der Waals surface area contributed by atoms with Gasteiger partial charge in [-0.25, -0.2) is 0 Å². The van der Waals surface area contributed by atoms with Crippen molar-refractivity contribution in [2.24, 2.45) is 17.8 Å². The molecule has 1 heterocycles. The molecule has 0 radical (unpaired) electrons. The maximum atomic E-state index is 11.9. The number of Topliss-reactive ketones (excluding diaryl/α,β-unsaturated/α-hetero) is 1. The first kappa shape index (κ1) is 10.1. The van der Waals surface area contributed by atoms with Crippen LogP contribution in [0.1, 0.15) is 27.2 Å². The number of carbonyl (C=O) groups is 1. The highest BCUT2D eigenvalue weighted by Crippen LogP contribution is 2.50. The van der Waals surface area contributed by atoms with Crippen LogP contribution >= 0.6 is 0 Å². The number of aliphatic hydroxyl groups is 1. The summed E-state index contributed by atoms with van der Waals surface area (Å²) in [6, 6.07) is 0. The molecule has 2 aliphatic rings. The molecule has 2 rings (SSSR count). The maximum absolute atomic E-state index is 11.9. The van der Waals surface area contributed by atoms with E-state index in [1.807, 2.05) is 6.92 Å². The molecule has 4 unspecified atom stereocenters. The third-order valence-corrected chi connectivity index (χ3v) is 3.83. The van der Waals surface area contributed by atoms with E-state index >= 15 is 0 Å². The molecule has 1 aliphatic carbocycles. The van der Waals surface area contributed by atoms with Crippen molar-refractivity contribution in [3.63, 3.8) is 0 Å². The molecule has 14 heavy (non-hydrogen) atoms. The molecule has 2 fully saturated rings. The Morgan fingerprint density at radius 1 is 1.64 bits per heavy atom. The molecule has 3 nitrogen and oxygen atoms in total. The number of fused-ring (bicyclic) bond motifs is 1. The molecule has 0 bridgehead atoms. The molecule has 1 N–H and O–H groups in total. The van der Waals surface area contributed by atoms with Crippen LogP contribution in [0.15, 0.2) is 0 Å². The molecule has 1 saturated heterocycles. The van der Waals surface area contributed by atoms with Gasteiger partial charge in [-0.3, -0.25) is 4.79 Å². The van der Waals surface area contributed by atoms with Crippen LogP contribution in [0.5, 0.6) is 0 Å². The zero-order valence-corrected chi connectivity index (χ0v) is 8.99. The second kappa shape index (κ2) is 3.04. The Labute approximate surface area is 84.4 Å². The lowest BCUT2D eigenvalue weighted by Gasteiger charge is -2.32. The number of carbonyl (C=O) groups excluding carboxylic acids is 1. The first-order chi connectivity index (χ1) is 6.50. The summed E-state index contributed by atoms with van der Waals surface area (Å²) < 4.78 is 5.43. The number of ether oxygens (including phenoxy) is 1. The predicted molar refractivity (Wildman–Crippen MR) is 51.8 cm³/mol. The van der Waals surface area contributed by atoms with Crippen LogP contribution in [0, 0.1) is 17.8 Å². The summed E-state index contributed by atoms with van der Waals surface area (Å²) in [5, 5.41) is 9.26. The van der Waals surface area contributed by atoms with Gasteiger partial charge in [-0.1, -0.05) is 13.8 Å². The van der Waals surface area contributed by atoms with Gasteiger partial charge in [0.15, 0.2) is 11.4 Å². The fraction of sp³-hybridized carbons (Fsp3) is 0.909. The zero-order valence-electron chi connectivity index (χ0n) is 8.99. The molecule has 1 aliphatic heterocycles. The highest BCUT2D eigenvalue weighted by molar-refractivity contribution is 5.93. The molecular formula is C11H18O3. The SMILES string of the molecule is CC(C)C1CC2OC2(C)C(=O)C1CO. The first-order valence-electron chi connectivity index (χ1n) is 5.33. The van der Waals surface area contributed by atoms with E-state index < -0.39 is 5.60 Å². The average molecular weight is 198 g/mol. The van der Waals surface area contributed by atoms with E-state index in [1.54, 1.807) is 0 Å². The number of hydrogen-bond donors (Lipinski definition) is 1. The van der Waals surface area contributed by atoms with Crippen LogP contribution in [-0.4, -0.2) is 29.2 Å². The van der Waals surface area contributed by atoms with E-state index in [2.05, 4.69) is 13.8 Å². The molecule has 1 saturated carbocycles. The second-order valence-corrected chi connectivity index (χ2v) is 5.01. The zero-order chi connectivity index (χ0) is 10.5. The predicted octanol–water partition coefficient (Wildman–Crippen LogP) is 0.997.